The van der Waals surface area contributed by atoms with E-state index in [1.54, 1.807) is 11.0 Å². The largest absolute Gasteiger partial charge is 0.472 e. The number of likely N-dealkylation sites (tertiary alicyclic amines) is 1. The van der Waals surface area contributed by atoms with Gasteiger partial charge in [-0.3, -0.25) is 4.79 Å². The van der Waals surface area contributed by atoms with Crippen LogP contribution in [0.5, 0.6) is 5.88 Å². The second-order valence-corrected chi connectivity index (χ2v) is 4.91. The summed E-state index contributed by atoms with van der Waals surface area (Å²) in [6, 6.07) is 1.79. The lowest BCUT2D eigenvalue weighted by atomic mass is 10.3. The van der Waals surface area contributed by atoms with Gasteiger partial charge in [0.25, 0.3) is 0 Å². The fraction of sp³-hybridized carbons (Fsp3) is 0.615. The molecule has 1 atom stereocenters. The van der Waals surface area contributed by atoms with Crippen LogP contribution in [0.3, 0.4) is 0 Å². The van der Waals surface area contributed by atoms with Crippen molar-refractivity contribution < 1.29 is 14.3 Å². The third kappa shape index (κ3) is 3.57. The molecule has 7 nitrogen and oxygen atoms in total. The van der Waals surface area contributed by atoms with E-state index < -0.39 is 0 Å². The molecule has 1 aromatic rings. The van der Waals surface area contributed by atoms with Crippen LogP contribution in [-0.2, 0) is 9.53 Å². The van der Waals surface area contributed by atoms with Crippen LogP contribution < -0.4 is 9.64 Å². The third-order valence-electron chi connectivity index (χ3n) is 3.14. The molecule has 2 heterocycles. The highest BCUT2D eigenvalue weighted by Gasteiger charge is 2.27. The first-order chi connectivity index (χ1) is 9.60. The molecule has 0 aliphatic carbocycles. The number of ether oxygens (including phenoxy) is 2. The fourth-order valence-corrected chi connectivity index (χ4v) is 2.08. The van der Waals surface area contributed by atoms with Gasteiger partial charge in [0.15, 0.2) is 0 Å². The molecule has 0 N–H and O–H groups in total. The van der Waals surface area contributed by atoms with Crippen molar-refractivity contribution in [3.63, 3.8) is 0 Å². The van der Waals surface area contributed by atoms with E-state index in [0.29, 0.717) is 19.0 Å². The number of methoxy groups -OCH3 is 1. The monoisotopic (exact) mass is 280 g/mol. The van der Waals surface area contributed by atoms with Crippen LogP contribution in [0.1, 0.15) is 6.42 Å². The second kappa shape index (κ2) is 6.51. The molecule has 1 saturated heterocycles. The van der Waals surface area contributed by atoms with Gasteiger partial charge in [-0.25, -0.2) is 9.97 Å². The van der Waals surface area contributed by atoms with E-state index in [4.69, 9.17) is 9.47 Å². The van der Waals surface area contributed by atoms with Crippen LogP contribution in [0.25, 0.3) is 0 Å². The summed E-state index contributed by atoms with van der Waals surface area (Å²) >= 11 is 0. The molecule has 110 valence electrons. The van der Waals surface area contributed by atoms with Gasteiger partial charge in [0, 0.05) is 40.2 Å². The van der Waals surface area contributed by atoms with Gasteiger partial charge in [0.1, 0.15) is 24.9 Å². The van der Waals surface area contributed by atoms with Gasteiger partial charge in [-0.2, -0.15) is 0 Å². The average Bonchev–Trinajstić information content (AvgIpc) is 2.88. The van der Waals surface area contributed by atoms with E-state index in [2.05, 4.69) is 9.97 Å². The summed E-state index contributed by atoms with van der Waals surface area (Å²) in [4.78, 5) is 23.6. The summed E-state index contributed by atoms with van der Waals surface area (Å²) in [5.41, 5.74) is 0. The molecule has 1 fully saturated rings. The predicted molar refractivity (Wildman–Crippen MR) is 73.8 cm³/mol. The van der Waals surface area contributed by atoms with Crippen molar-refractivity contribution in [3.8, 4) is 5.88 Å². The summed E-state index contributed by atoms with van der Waals surface area (Å²) in [5, 5.41) is 0. The quantitative estimate of drug-likeness (QED) is 0.766. The molecule has 1 aliphatic heterocycles. The summed E-state index contributed by atoms with van der Waals surface area (Å²) in [6.45, 7) is 1.38. The first kappa shape index (κ1) is 14.5. The molecule has 1 unspecified atom stereocenters. The number of anilines is 1. The van der Waals surface area contributed by atoms with Gasteiger partial charge in [-0.1, -0.05) is 0 Å². The molecule has 1 aliphatic rings. The van der Waals surface area contributed by atoms with Crippen molar-refractivity contribution in [2.24, 2.45) is 0 Å². The first-order valence-electron chi connectivity index (χ1n) is 6.53. The standard InChI is InChI=1S/C13H20N4O3/c1-16(2)11-6-12(15-9-14-11)20-10-4-5-17(7-10)13(18)8-19-3/h6,9-10H,4-5,7-8H2,1-3H3. The van der Waals surface area contributed by atoms with Crippen LogP contribution in [0.2, 0.25) is 0 Å². The van der Waals surface area contributed by atoms with Crippen molar-refractivity contribution >= 4 is 11.7 Å². The number of rotatable bonds is 5. The fourth-order valence-electron chi connectivity index (χ4n) is 2.08. The molecule has 1 aromatic heterocycles. The van der Waals surface area contributed by atoms with Crippen molar-refractivity contribution in [1.82, 2.24) is 14.9 Å². The molecule has 2 rings (SSSR count). The van der Waals surface area contributed by atoms with Crippen LogP contribution >= 0.6 is 0 Å². The maximum atomic E-state index is 11.7. The van der Waals surface area contributed by atoms with Crippen LogP contribution in [-0.4, -0.2) is 67.8 Å². The van der Waals surface area contributed by atoms with Crippen molar-refractivity contribution in [2.75, 3.05) is 45.8 Å². The van der Waals surface area contributed by atoms with Gasteiger partial charge in [-0.15, -0.1) is 0 Å². The number of carbonyl (C=O) groups is 1. The zero-order valence-corrected chi connectivity index (χ0v) is 12.1. The number of carbonyl (C=O) groups excluding carboxylic acids is 1. The smallest absolute Gasteiger partial charge is 0.248 e. The minimum atomic E-state index is -0.0271. The average molecular weight is 280 g/mol. The van der Waals surface area contributed by atoms with Gasteiger partial charge in [-0.05, 0) is 0 Å². The Balaban J connectivity index is 1.92. The Morgan fingerprint density at radius 1 is 1.50 bits per heavy atom. The van der Waals surface area contributed by atoms with Gasteiger partial charge >= 0.3 is 0 Å². The molecule has 0 aromatic carbocycles. The maximum absolute atomic E-state index is 11.7. The summed E-state index contributed by atoms with van der Waals surface area (Å²) < 4.78 is 10.7. The number of hydrogen-bond donors (Lipinski definition) is 0. The van der Waals surface area contributed by atoms with E-state index in [1.807, 2.05) is 19.0 Å². The minimum absolute atomic E-state index is 0.00438. The lowest BCUT2D eigenvalue weighted by Gasteiger charge is -2.17. The van der Waals surface area contributed by atoms with Gasteiger partial charge in [0.05, 0.1) is 6.54 Å². The van der Waals surface area contributed by atoms with Crippen LogP contribution in [0, 0.1) is 0 Å². The molecular weight excluding hydrogens is 260 g/mol. The molecule has 0 radical (unpaired) electrons. The molecule has 1 amide bonds. The number of amides is 1. The highest BCUT2D eigenvalue weighted by atomic mass is 16.5. The van der Waals surface area contributed by atoms with Crippen molar-refractivity contribution in [1.29, 1.82) is 0 Å². The number of nitrogens with zero attached hydrogens (tertiary/aromatic N) is 4. The van der Waals surface area contributed by atoms with E-state index in [0.717, 1.165) is 12.2 Å². The number of hydrogen-bond acceptors (Lipinski definition) is 6. The Hall–Kier alpha value is -1.89. The third-order valence-corrected chi connectivity index (χ3v) is 3.14. The molecule has 0 bridgehead atoms. The zero-order valence-electron chi connectivity index (χ0n) is 12.1. The molecule has 0 saturated carbocycles. The first-order valence-corrected chi connectivity index (χ1v) is 6.53. The van der Waals surface area contributed by atoms with Crippen molar-refractivity contribution in [2.45, 2.75) is 12.5 Å². The van der Waals surface area contributed by atoms with E-state index in [9.17, 15) is 4.79 Å². The molecule has 0 spiro atoms. The van der Waals surface area contributed by atoms with Crippen molar-refractivity contribution in [3.05, 3.63) is 12.4 Å². The van der Waals surface area contributed by atoms with Crippen LogP contribution in [0.4, 0.5) is 5.82 Å². The van der Waals surface area contributed by atoms with Crippen LogP contribution in [0.15, 0.2) is 12.4 Å². The Labute approximate surface area is 118 Å². The maximum Gasteiger partial charge on any atom is 0.248 e. The SMILES string of the molecule is COCC(=O)N1CCC(Oc2cc(N(C)C)ncn2)C1. The Morgan fingerprint density at radius 3 is 3.00 bits per heavy atom. The van der Waals surface area contributed by atoms with E-state index in [1.165, 1.54) is 13.4 Å². The van der Waals surface area contributed by atoms with Gasteiger partial charge < -0.3 is 19.3 Å². The highest BCUT2D eigenvalue weighted by molar-refractivity contribution is 5.77. The second-order valence-electron chi connectivity index (χ2n) is 4.91. The Morgan fingerprint density at radius 2 is 2.30 bits per heavy atom. The normalized spacial score (nSPS) is 18.1. The van der Waals surface area contributed by atoms with E-state index >= 15 is 0 Å². The molecular formula is C13H20N4O3. The lowest BCUT2D eigenvalue weighted by Crippen LogP contribution is -2.33. The topological polar surface area (TPSA) is 67.8 Å². The highest BCUT2D eigenvalue weighted by Crippen LogP contribution is 2.19. The molecule has 7 heteroatoms. The summed E-state index contributed by atoms with van der Waals surface area (Å²) in [5.74, 6) is 1.32. The van der Waals surface area contributed by atoms with Gasteiger partial charge in [0.2, 0.25) is 11.8 Å². The Kier molecular flexibility index (Phi) is 4.73. The predicted octanol–water partition coefficient (Wildman–Crippen LogP) is 0.169. The lowest BCUT2D eigenvalue weighted by molar-refractivity contribution is -0.134. The number of aromatic nitrogens is 2. The minimum Gasteiger partial charge on any atom is -0.472 e. The summed E-state index contributed by atoms with van der Waals surface area (Å²) in [6.07, 6.45) is 2.25. The molecule has 20 heavy (non-hydrogen) atoms. The van der Waals surface area contributed by atoms with E-state index in [-0.39, 0.29) is 18.6 Å². The summed E-state index contributed by atoms with van der Waals surface area (Å²) in [7, 11) is 5.34. The zero-order chi connectivity index (χ0) is 14.5. The Bertz CT molecular complexity index is 467.